The zero-order valence-corrected chi connectivity index (χ0v) is 15.5. The van der Waals surface area contributed by atoms with Crippen LogP contribution in [-0.2, 0) is 20.8 Å². The van der Waals surface area contributed by atoms with Gasteiger partial charge >= 0.3 is 11.9 Å². The van der Waals surface area contributed by atoms with Crippen molar-refractivity contribution in [3.8, 4) is 5.75 Å². The molecule has 0 atom stereocenters. The third-order valence-electron chi connectivity index (χ3n) is 4.26. The molecule has 7 heteroatoms. The SMILES string of the molecule is COC(=O)c1cn(CC(=O)OCC(=O)c2ccccc2OC)c2ccccc12. The number of hydrogen-bond acceptors (Lipinski definition) is 6. The molecule has 0 fully saturated rings. The standard InChI is InChI=1S/C21H19NO6/c1-26-19-10-6-4-8-15(19)18(23)13-28-20(24)12-22-11-16(21(25)27-2)14-7-3-5-9-17(14)22/h3-11H,12-13H2,1-2H3. The van der Waals surface area contributed by atoms with Crippen LogP contribution in [0.15, 0.2) is 54.7 Å². The Balaban J connectivity index is 1.72. The monoisotopic (exact) mass is 381 g/mol. The van der Waals surface area contributed by atoms with Gasteiger partial charge in [0.2, 0.25) is 5.78 Å². The summed E-state index contributed by atoms with van der Waals surface area (Å²) >= 11 is 0. The van der Waals surface area contributed by atoms with Gasteiger partial charge in [-0.1, -0.05) is 30.3 Å². The van der Waals surface area contributed by atoms with Crippen LogP contribution in [-0.4, -0.2) is 43.1 Å². The molecule has 0 aliphatic carbocycles. The van der Waals surface area contributed by atoms with Crippen molar-refractivity contribution < 1.29 is 28.6 Å². The van der Waals surface area contributed by atoms with E-state index in [0.29, 0.717) is 27.8 Å². The Morgan fingerprint density at radius 2 is 1.64 bits per heavy atom. The number of nitrogens with zero attached hydrogens (tertiary/aromatic N) is 1. The first-order valence-electron chi connectivity index (χ1n) is 8.53. The molecule has 0 N–H and O–H groups in total. The molecule has 0 aliphatic heterocycles. The molecule has 28 heavy (non-hydrogen) atoms. The number of hydrogen-bond donors (Lipinski definition) is 0. The lowest BCUT2D eigenvalue weighted by Gasteiger charge is -2.09. The summed E-state index contributed by atoms with van der Waals surface area (Å²) in [5, 5.41) is 0.673. The molecule has 0 saturated heterocycles. The summed E-state index contributed by atoms with van der Waals surface area (Å²) in [6.07, 6.45) is 1.54. The van der Waals surface area contributed by atoms with Gasteiger partial charge in [0.1, 0.15) is 12.3 Å². The molecule has 144 valence electrons. The summed E-state index contributed by atoms with van der Waals surface area (Å²) in [4.78, 5) is 36.5. The van der Waals surface area contributed by atoms with Gasteiger partial charge in [0.15, 0.2) is 6.61 Å². The smallest absolute Gasteiger partial charge is 0.340 e. The van der Waals surface area contributed by atoms with Crippen molar-refractivity contribution in [1.29, 1.82) is 0 Å². The van der Waals surface area contributed by atoms with E-state index in [0.717, 1.165) is 0 Å². The summed E-state index contributed by atoms with van der Waals surface area (Å²) in [6.45, 7) is -0.543. The number of aromatic nitrogens is 1. The minimum absolute atomic E-state index is 0.142. The molecule has 3 aromatic rings. The van der Waals surface area contributed by atoms with Crippen molar-refractivity contribution in [3.63, 3.8) is 0 Å². The van der Waals surface area contributed by atoms with Crippen molar-refractivity contribution in [2.24, 2.45) is 0 Å². The quantitative estimate of drug-likeness (QED) is 0.462. The van der Waals surface area contributed by atoms with Crippen LogP contribution in [0, 0.1) is 0 Å². The molecule has 1 heterocycles. The number of ether oxygens (including phenoxy) is 3. The maximum absolute atomic E-state index is 12.3. The summed E-state index contributed by atoms with van der Waals surface area (Å²) in [6, 6.07) is 13.9. The first-order chi connectivity index (χ1) is 13.5. The van der Waals surface area contributed by atoms with Gasteiger partial charge in [-0.2, -0.15) is 0 Å². The molecule has 0 amide bonds. The highest BCUT2D eigenvalue weighted by Gasteiger charge is 2.18. The van der Waals surface area contributed by atoms with Crippen LogP contribution >= 0.6 is 0 Å². The van der Waals surface area contributed by atoms with Crippen molar-refractivity contribution in [2.75, 3.05) is 20.8 Å². The Morgan fingerprint density at radius 1 is 0.929 bits per heavy atom. The largest absolute Gasteiger partial charge is 0.496 e. The number of para-hydroxylation sites is 2. The van der Waals surface area contributed by atoms with E-state index in [1.165, 1.54) is 14.2 Å². The summed E-state index contributed by atoms with van der Waals surface area (Å²) in [5.74, 6) is -1.03. The Bertz CT molecular complexity index is 1040. The molecule has 0 spiro atoms. The Kier molecular flexibility index (Phi) is 5.74. The number of Topliss-reactive ketones (excluding diaryl/α,β-unsaturated/α-hetero) is 1. The lowest BCUT2D eigenvalue weighted by Crippen LogP contribution is -2.18. The fourth-order valence-electron chi connectivity index (χ4n) is 2.93. The van der Waals surface area contributed by atoms with E-state index in [-0.39, 0.29) is 12.3 Å². The molecule has 0 aliphatic rings. The van der Waals surface area contributed by atoms with Gasteiger partial charge in [0, 0.05) is 17.1 Å². The van der Waals surface area contributed by atoms with Gasteiger partial charge in [-0.25, -0.2) is 4.79 Å². The molecule has 1 aromatic heterocycles. The van der Waals surface area contributed by atoms with Crippen molar-refractivity contribution in [1.82, 2.24) is 4.57 Å². The van der Waals surface area contributed by atoms with E-state index in [4.69, 9.17) is 14.2 Å². The summed E-state index contributed by atoms with van der Waals surface area (Å²) in [7, 11) is 2.76. The number of methoxy groups -OCH3 is 2. The summed E-state index contributed by atoms with van der Waals surface area (Å²) < 4.78 is 16.7. The average Bonchev–Trinajstić information content (AvgIpc) is 3.09. The van der Waals surface area contributed by atoms with Crippen molar-refractivity contribution in [2.45, 2.75) is 6.54 Å². The van der Waals surface area contributed by atoms with Crippen LogP contribution < -0.4 is 4.74 Å². The van der Waals surface area contributed by atoms with E-state index in [2.05, 4.69) is 0 Å². The van der Waals surface area contributed by atoms with Crippen molar-refractivity contribution in [3.05, 3.63) is 65.9 Å². The lowest BCUT2D eigenvalue weighted by molar-refractivity contribution is -0.143. The number of benzene rings is 2. The molecular weight excluding hydrogens is 362 g/mol. The molecule has 7 nitrogen and oxygen atoms in total. The van der Waals surface area contributed by atoms with Crippen LogP contribution in [0.4, 0.5) is 0 Å². The molecule has 2 aromatic carbocycles. The topological polar surface area (TPSA) is 83.8 Å². The normalized spacial score (nSPS) is 10.5. The molecule has 3 rings (SSSR count). The van der Waals surface area contributed by atoms with Gasteiger partial charge in [-0.3, -0.25) is 9.59 Å². The van der Waals surface area contributed by atoms with Gasteiger partial charge in [0.25, 0.3) is 0 Å². The first kappa shape index (κ1) is 19.2. The highest BCUT2D eigenvalue weighted by Crippen LogP contribution is 2.22. The Hall–Kier alpha value is -3.61. The Labute approximate surface area is 161 Å². The second-order valence-corrected chi connectivity index (χ2v) is 5.96. The van der Waals surface area contributed by atoms with E-state index in [1.54, 1.807) is 59.3 Å². The molecule has 0 radical (unpaired) electrons. The predicted octanol–water partition coefficient (Wildman–Crippen LogP) is 2.86. The third kappa shape index (κ3) is 3.88. The minimum Gasteiger partial charge on any atom is -0.496 e. The van der Waals surface area contributed by atoms with Gasteiger partial charge in [0.05, 0.1) is 25.3 Å². The fourth-order valence-corrected chi connectivity index (χ4v) is 2.93. The van der Waals surface area contributed by atoms with Gasteiger partial charge in [-0.15, -0.1) is 0 Å². The minimum atomic E-state index is -0.597. The molecule has 0 saturated carbocycles. The van der Waals surface area contributed by atoms with Gasteiger partial charge in [-0.05, 0) is 18.2 Å². The molecule has 0 unspecified atom stereocenters. The number of esters is 2. The van der Waals surface area contributed by atoms with Crippen LogP contribution in [0.5, 0.6) is 5.75 Å². The molecular formula is C21H19NO6. The number of fused-ring (bicyclic) bond motifs is 1. The number of carbonyl (C=O) groups excluding carboxylic acids is 3. The van der Waals surface area contributed by atoms with Crippen LogP contribution in [0.2, 0.25) is 0 Å². The summed E-state index contributed by atoms with van der Waals surface area (Å²) in [5.41, 5.74) is 1.39. The second-order valence-electron chi connectivity index (χ2n) is 5.96. The third-order valence-corrected chi connectivity index (χ3v) is 4.26. The maximum Gasteiger partial charge on any atom is 0.340 e. The zero-order valence-electron chi connectivity index (χ0n) is 15.5. The first-order valence-corrected chi connectivity index (χ1v) is 8.53. The van der Waals surface area contributed by atoms with Crippen LogP contribution in [0.1, 0.15) is 20.7 Å². The second kappa shape index (κ2) is 8.39. The average molecular weight is 381 g/mol. The highest BCUT2D eigenvalue weighted by molar-refractivity contribution is 6.04. The number of ketones is 1. The Morgan fingerprint density at radius 3 is 2.39 bits per heavy atom. The number of rotatable bonds is 7. The van der Waals surface area contributed by atoms with Gasteiger partial charge < -0.3 is 18.8 Å². The molecule has 0 bridgehead atoms. The van der Waals surface area contributed by atoms with E-state index < -0.39 is 18.5 Å². The fraction of sp³-hybridized carbons (Fsp3) is 0.190. The number of carbonyl (C=O) groups is 3. The van der Waals surface area contributed by atoms with E-state index in [1.807, 2.05) is 0 Å². The van der Waals surface area contributed by atoms with Crippen LogP contribution in [0.25, 0.3) is 10.9 Å². The van der Waals surface area contributed by atoms with E-state index in [9.17, 15) is 14.4 Å². The highest BCUT2D eigenvalue weighted by atomic mass is 16.5. The predicted molar refractivity (Wildman–Crippen MR) is 102 cm³/mol. The lowest BCUT2D eigenvalue weighted by atomic mass is 10.1. The maximum atomic E-state index is 12.3. The zero-order chi connectivity index (χ0) is 20.1. The van der Waals surface area contributed by atoms with E-state index >= 15 is 0 Å². The van der Waals surface area contributed by atoms with Crippen molar-refractivity contribution >= 4 is 28.6 Å². The van der Waals surface area contributed by atoms with Crippen LogP contribution in [0.3, 0.4) is 0 Å².